The zero-order valence-corrected chi connectivity index (χ0v) is 15.4. The van der Waals surface area contributed by atoms with Crippen molar-refractivity contribution in [3.8, 4) is 0 Å². The van der Waals surface area contributed by atoms with Gasteiger partial charge in [0.2, 0.25) is 5.91 Å². The average molecular weight is 368 g/mol. The summed E-state index contributed by atoms with van der Waals surface area (Å²) in [5.41, 5.74) is 0.852. The number of likely N-dealkylation sites (tertiary alicyclic amines) is 1. The summed E-state index contributed by atoms with van der Waals surface area (Å²) in [7, 11) is 1.59. The van der Waals surface area contributed by atoms with Crippen molar-refractivity contribution in [2.75, 3.05) is 20.2 Å². The molecule has 142 valence electrons. The number of methoxy groups -OCH3 is 1. The van der Waals surface area contributed by atoms with Gasteiger partial charge in [0, 0.05) is 25.7 Å². The van der Waals surface area contributed by atoms with Crippen LogP contribution in [0.4, 0.5) is 0 Å². The summed E-state index contributed by atoms with van der Waals surface area (Å²) in [5, 5.41) is 3.22. The maximum atomic E-state index is 12.7. The number of rotatable bonds is 4. The molecule has 0 aliphatic carbocycles. The Labute approximate surface area is 158 Å². The van der Waals surface area contributed by atoms with Gasteiger partial charge in [0.1, 0.15) is 12.4 Å². The molecule has 0 saturated carbocycles. The molecule has 2 fully saturated rings. The van der Waals surface area contributed by atoms with Gasteiger partial charge in [0.25, 0.3) is 5.91 Å². The maximum Gasteiger partial charge on any atom is 0.289 e. The van der Waals surface area contributed by atoms with Gasteiger partial charge in [-0.05, 0) is 37.0 Å². The number of nitrogens with one attached hydrogen (secondary N) is 1. The predicted molar refractivity (Wildman–Crippen MR) is 99.2 cm³/mol. The van der Waals surface area contributed by atoms with Crippen LogP contribution >= 0.6 is 0 Å². The molecule has 0 unspecified atom stereocenters. The molecule has 0 radical (unpaired) electrons. The highest BCUT2D eigenvalue weighted by molar-refractivity contribution is 5.92. The van der Waals surface area contributed by atoms with Crippen LogP contribution in [0.3, 0.4) is 0 Å². The van der Waals surface area contributed by atoms with E-state index in [1.807, 2.05) is 35.2 Å². The van der Waals surface area contributed by atoms with Gasteiger partial charge in [0.05, 0.1) is 5.92 Å². The van der Waals surface area contributed by atoms with Crippen molar-refractivity contribution in [2.24, 2.45) is 0 Å². The van der Waals surface area contributed by atoms with E-state index >= 15 is 0 Å². The Morgan fingerprint density at radius 1 is 1.22 bits per heavy atom. The lowest BCUT2D eigenvalue weighted by molar-refractivity contribution is -0.121. The summed E-state index contributed by atoms with van der Waals surface area (Å²) >= 11 is 0. The molecule has 1 N–H and O–H groups in total. The zero-order valence-electron chi connectivity index (χ0n) is 15.4. The van der Waals surface area contributed by atoms with E-state index in [9.17, 15) is 9.59 Å². The number of furan rings is 1. The summed E-state index contributed by atoms with van der Waals surface area (Å²) in [6.45, 7) is 1.57. The Kier molecular flexibility index (Phi) is 4.74. The van der Waals surface area contributed by atoms with Gasteiger partial charge in [-0.15, -0.1) is 0 Å². The molecule has 6 nitrogen and oxygen atoms in total. The molecule has 2 amide bonds. The van der Waals surface area contributed by atoms with Gasteiger partial charge in [-0.2, -0.15) is 0 Å². The van der Waals surface area contributed by atoms with E-state index in [2.05, 4.69) is 5.32 Å². The lowest BCUT2D eigenvalue weighted by Gasteiger charge is -2.39. The first kappa shape index (κ1) is 17.8. The Morgan fingerprint density at radius 3 is 2.67 bits per heavy atom. The second-order valence-electron chi connectivity index (χ2n) is 7.43. The van der Waals surface area contributed by atoms with Crippen molar-refractivity contribution in [1.82, 2.24) is 10.2 Å². The molecule has 0 bridgehead atoms. The number of carbonyl (C=O) groups is 2. The van der Waals surface area contributed by atoms with Gasteiger partial charge >= 0.3 is 0 Å². The average Bonchev–Trinajstić information content (AvgIpc) is 3.28. The molecule has 2 aliphatic heterocycles. The third-order valence-electron chi connectivity index (χ3n) is 5.67. The molecular weight excluding hydrogens is 344 g/mol. The van der Waals surface area contributed by atoms with E-state index in [1.54, 1.807) is 19.2 Å². The number of nitrogens with zero attached hydrogens (tertiary/aromatic N) is 1. The molecule has 2 aliphatic rings. The first-order chi connectivity index (χ1) is 13.1. The number of ether oxygens (including phenoxy) is 1. The smallest absolute Gasteiger partial charge is 0.289 e. The fraction of sp³-hybridized carbons (Fsp3) is 0.429. The molecule has 1 aromatic heterocycles. The summed E-state index contributed by atoms with van der Waals surface area (Å²) in [4.78, 5) is 27.0. The third kappa shape index (κ3) is 3.49. The zero-order chi connectivity index (χ0) is 18.9. The van der Waals surface area contributed by atoms with Crippen LogP contribution in [0.15, 0.2) is 46.9 Å². The Bertz CT molecular complexity index is 822. The number of benzene rings is 1. The molecule has 1 aromatic carbocycles. The van der Waals surface area contributed by atoms with Crippen molar-refractivity contribution in [2.45, 2.75) is 37.3 Å². The van der Waals surface area contributed by atoms with Crippen molar-refractivity contribution >= 4 is 11.8 Å². The second kappa shape index (κ2) is 7.19. The van der Waals surface area contributed by atoms with E-state index in [4.69, 9.17) is 9.15 Å². The molecule has 2 saturated heterocycles. The molecule has 6 heteroatoms. The fourth-order valence-electron chi connectivity index (χ4n) is 4.17. The van der Waals surface area contributed by atoms with E-state index in [-0.39, 0.29) is 23.3 Å². The van der Waals surface area contributed by atoms with E-state index in [0.717, 1.165) is 24.8 Å². The molecule has 4 rings (SSSR count). The third-order valence-corrected chi connectivity index (χ3v) is 5.67. The first-order valence-corrected chi connectivity index (χ1v) is 9.34. The van der Waals surface area contributed by atoms with Gasteiger partial charge in [0.15, 0.2) is 5.76 Å². The predicted octanol–water partition coefficient (Wildman–Crippen LogP) is 2.70. The van der Waals surface area contributed by atoms with Gasteiger partial charge < -0.3 is 19.4 Å². The summed E-state index contributed by atoms with van der Waals surface area (Å²) in [6.07, 6.45) is 2.31. The Hall–Kier alpha value is -2.60. The van der Waals surface area contributed by atoms with Crippen LogP contribution in [-0.4, -0.2) is 42.5 Å². The minimum Gasteiger partial charge on any atom is -0.453 e. The molecular formula is C21H24N2O4. The van der Waals surface area contributed by atoms with E-state index < -0.39 is 0 Å². The number of piperidine rings is 1. The van der Waals surface area contributed by atoms with Crippen molar-refractivity contribution < 1.29 is 18.7 Å². The van der Waals surface area contributed by atoms with Crippen LogP contribution in [0.25, 0.3) is 0 Å². The quantitative estimate of drug-likeness (QED) is 0.901. The first-order valence-electron chi connectivity index (χ1n) is 9.34. The van der Waals surface area contributed by atoms with Crippen LogP contribution in [-0.2, 0) is 16.1 Å². The Morgan fingerprint density at radius 2 is 1.96 bits per heavy atom. The lowest BCUT2D eigenvalue weighted by atomic mass is 9.82. The number of amides is 2. The van der Waals surface area contributed by atoms with Crippen LogP contribution < -0.4 is 5.32 Å². The topological polar surface area (TPSA) is 71.8 Å². The van der Waals surface area contributed by atoms with Gasteiger partial charge in [-0.1, -0.05) is 30.3 Å². The summed E-state index contributed by atoms with van der Waals surface area (Å²) in [6, 6.07) is 13.4. The van der Waals surface area contributed by atoms with Crippen molar-refractivity contribution in [3.05, 3.63) is 59.5 Å². The van der Waals surface area contributed by atoms with Gasteiger partial charge in [-0.25, -0.2) is 0 Å². The normalized spacial score (nSPS) is 21.4. The number of carbonyl (C=O) groups excluding carboxylic acids is 2. The van der Waals surface area contributed by atoms with Crippen LogP contribution in [0.5, 0.6) is 0 Å². The second-order valence-corrected chi connectivity index (χ2v) is 7.43. The SMILES string of the molecule is COCc1ccc(C(=O)N2CCC3(CC2)C[C@@H](c2ccccc2)C(=O)N3)o1. The molecule has 1 spiro atoms. The van der Waals surface area contributed by atoms with Gasteiger partial charge in [-0.3, -0.25) is 9.59 Å². The molecule has 3 heterocycles. The molecule has 1 atom stereocenters. The highest BCUT2D eigenvalue weighted by Gasteiger charge is 2.46. The van der Waals surface area contributed by atoms with Crippen LogP contribution in [0.1, 0.15) is 47.1 Å². The maximum absolute atomic E-state index is 12.7. The molecule has 2 aromatic rings. The number of hydrogen-bond acceptors (Lipinski definition) is 4. The van der Waals surface area contributed by atoms with Crippen LogP contribution in [0.2, 0.25) is 0 Å². The van der Waals surface area contributed by atoms with Crippen LogP contribution in [0, 0.1) is 0 Å². The van der Waals surface area contributed by atoms with Crippen molar-refractivity contribution in [1.29, 1.82) is 0 Å². The monoisotopic (exact) mass is 368 g/mol. The highest BCUT2D eigenvalue weighted by Crippen LogP contribution is 2.39. The minimum absolute atomic E-state index is 0.0937. The Balaban J connectivity index is 1.40. The lowest BCUT2D eigenvalue weighted by Crippen LogP contribution is -2.52. The van der Waals surface area contributed by atoms with E-state index in [0.29, 0.717) is 31.2 Å². The van der Waals surface area contributed by atoms with E-state index in [1.165, 1.54) is 0 Å². The largest absolute Gasteiger partial charge is 0.453 e. The number of hydrogen-bond donors (Lipinski definition) is 1. The summed E-state index contributed by atoms with van der Waals surface area (Å²) in [5.74, 6) is 0.876. The van der Waals surface area contributed by atoms with Crippen molar-refractivity contribution in [3.63, 3.8) is 0 Å². The fourth-order valence-corrected chi connectivity index (χ4v) is 4.17. The standard InChI is InChI=1S/C21H24N2O4/c1-26-14-16-7-8-18(27-16)20(25)23-11-9-21(10-12-23)13-17(19(24)22-21)15-5-3-2-4-6-15/h2-8,17H,9-14H2,1H3,(H,22,24)/t17-/m0/s1. The minimum atomic E-state index is -0.210. The summed E-state index contributed by atoms with van der Waals surface area (Å²) < 4.78 is 10.6. The molecule has 27 heavy (non-hydrogen) atoms. The highest BCUT2D eigenvalue weighted by atomic mass is 16.5.